The molecule has 28 heavy (non-hydrogen) atoms. The SMILES string of the molecule is O=C1c2cccn2[C@H]2CN(Cc3ccc(Cl)cc3)C[C@H]2N1Cc1ccccn1. The predicted octanol–water partition coefficient (Wildman–Crippen LogP) is 3.62. The maximum atomic E-state index is 13.2. The quantitative estimate of drug-likeness (QED) is 0.681. The highest BCUT2D eigenvalue weighted by molar-refractivity contribution is 6.30. The van der Waals surface area contributed by atoms with E-state index in [4.69, 9.17) is 11.6 Å². The van der Waals surface area contributed by atoms with Gasteiger partial charge in [-0.25, -0.2) is 0 Å². The number of fused-ring (bicyclic) bond motifs is 3. The molecule has 142 valence electrons. The molecule has 5 rings (SSSR count). The third kappa shape index (κ3) is 3.11. The molecule has 6 heteroatoms. The lowest BCUT2D eigenvalue weighted by Gasteiger charge is -2.38. The molecular weight excluding hydrogens is 372 g/mol. The van der Waals surface area contributed by atoms with Crippen molar-refractivity contribution in [1.82, 2.24) is 19.4 Å². The van der Waals surface area contributed by atoms with Crippen molar-refractivity contribution in [3.05, 3.63) is 89.0 Å². The summed E-state index contributed by atoms with van der Waals surface area (Å²) in [6, 6.07) is 18.2. The molecule has 1 fully saturated rings. The number of halogens is 1. The molecule has 4 heterocycles. The number of hydrogen-bond acceptors (Lipinski definition) is 3. The average molecular weight is 393 g/mol. The lowest BCUT2D eigenvalue weighted by atomic mass is 10.1. The Morgan fingerprint density at radius 2 is 1.79 bits per heavy atom. The molecule has 2 aliphatic rings. The second kappa shape index (κ2) is 7.08. The predicted molar refractivity (Wildman–Crippen MR) is 108 cm³/mol. The van der Waals surface area contributed by atoms with Crippen molar-refractivity contribution in [3.8, 4) is 0 Å². The summed E-state index contributed by atoms with van der Waals surface area (Å²) < 4.78 is 2.16. The van der Waals surface area contributed by atoms with E-state index >= 15 is 0 Å². The standard InChI is InChI=1S/C22H21ClN4O/c23-17-8-6-16(7-9-17)12-25-14-20-21(15-25)27(13-18-4-1-2-10-24-18)22(28)19-5-3-11-26(19)20/h1-11,20-21H,12-15H2/t20-,21+/m0/s1. The van der Waals surface area contributed by atoms with E-state index in [-0.39, 0.29) is 18.0 Å². The van der Waals surface area contributed by atoms with E-state index in [9.17, 15) is 4.79 Å². The number of aromatic nitrogens is 2. The number of amides is 1. The molecule has 5 nitrogen and oxygen atoms in total. The van der Waals surface area contributed by atoms with Crippen molar-refractivity contribution >= 4 is 17.5 Å². The molecule has 0 unspecified atom stereocenters. The highest BCUT2D eigenvalue weighted by Gasteiger charge is 2.44. The van der Waals surface area contributed by atoms with Crippen LogP contribution in [0.15, 0.2) is 67.0 Å². The third-order valence-corrected chi connectivity index (χ3v) is 5.98. The van der Waals surface area contributed by atoms with Crippen molar-refractivity contribution in [1.29, 1.82) is 0 Å². The van der Waals surface area contributed by atoms with Crippen LogP contribution in [0.2, 0.25) is 5.02 Å². The summed E-state index contributed by atoms with van der Waals surface area (Å²) in [7, 11) is 0. The van der Waals surface area contributed by atoms with Crippen LogP contribution in [0.1, 0.15) is 27.8 Å². The Hall–Kier alpha value is -2.63. The largest absolute Gasteiger partial charge is 0.337 e. The Labute approximate surface area is 169 Å². The minimum absolute atomic E-state index is 0.0882. The number of likely N-dealkylation sites (tertiary alicyclic amines) is 1. The van der Waals surface area contributed by atoms with Crippen LogP contribution in [0, 0.1) is 0 Å². The van der Waals surface area contributed by atoms with Gasteiger partial charge in [-0.1, -0.05) is 29.8 Å². The number of hydrogen-bond donors (Lipinski definition) is 0. The monoisotopic (exact) mass is 392 g/mol. The third-order valence-electron chi connectivity index (χ3n) is 5.73. The van der Waals surface area contributed by atoms with E-state index in [1.54, 1.807) is 6.20 Å². The van der Waals surface area contributed by atoms with Gasteiger partial charge in [0, 0.05) is 37.1 Å². The molecule has 1 saturated heterocycles. The maximum absolute atomic E-state index is 13.2. The number of nitrogens with zero attached hydrogens (tertiary/aromatic N) is 4. The minimum atomic E-state index is 0.0882. The van der Waals surface area contributed by atoms with Crippen molar-refractivity contribution in [3.63, 3.8) is 0 Å². The molecule has 1 amide bonds. The zero-order chi connectivity index (χ0) is 19.1. The molecule has 2 aliphatic heterocycles. The summed E-state index contributed by atoms with van der Waals surface area (Å²) in [4.78, 5) is 22.0. The van der Waals surface area contributed by atoms with Crippen LogP contribution in [0.4, 0.5) is 0 Å². The minimum Gasteiger partial charge on any atom is -0.337 e. The van der Waals surface area contributed by atoms with E-state index in [1.165, 1.54) is 5.56 Å². The molecule has 2 atom stereocenters. The van der Waals surface area contributed by atoms with Gasteiger partial charge in [0.05, 0.1) is 24.3 Å². The lowest BCUT2D eigenvalue weighted by Crippen LogP contribution is -2.49. The fraction of sp³-hybridized carbons (Fsp3) is 0.273. The maximum Gasteiger partial charge on any atom is 0.271 e. The Morgan fingerprint density at radius 1 is 0.964 bits per heavy atom. The first-order valence-electron chi connectivity index (χ1n) is 9.53. The fourth-order valence-corrected chi connectivity index (χ4v) is 4.55. The van der Waals surface area contributed by atoms with Gasteiger partial charge in [-0.05, 0) is 42.0 Å². The van der Waals surface area contributed by atoms with E-state index < -0.39 is 0 Å². The van der Waals surface area contributed by atoms with Gasteiger partial charge in [0.15, 0.2) is 0 Å². The van der Waals surface area contributed by atoms with Crippen LogP contribution in [0.3, 0.4) is 0 Å². The van der Waals surface area contributed by atoms with Gasteiger partial charge in [-0.2, -0.15) is 0 Å². The van der Waals surface area contributed by atoms with Gasteiger partial charge in [0.25, 0.3) is 5.91 Å². The lowest BCUT2D eigenvalue weighted by molar-refractivity contribution is 0.0553. The van der Waals surface area contributed by atoms with Gasteiger partial charge < -0.3 is 9.47 Å². The van der Waals surface area contributed by atoms with Gasteiger partial charge in [-0.3, -0.25) is 14.7 Å². The van der Waals surface area contributed by atoms with Crippen molar-refractivity contribution in [2.75, 3.05) is 13.1 Å². The number of carbonyl (C=O) groups excluding carboxylic acids is 1. The normalized spacial score (nSPS) is 21.6. The summed E-state index contributed by atoms with van der Waals surface area (Å²) in [6.07, 6.45) is 3.82. The van der Waals surface area contributed by atoms with Gasteiger partial charge >= 0.3 is 0 Å². The van der Waals surface area contributed by atoms with Crippen LogP contribution in [-0.2, 0) is 13.1 Å². The first-order valence-corrected chi connectivity index (χ1v) is 9.91. The Kier molecular flexibility index (Phi) is 4.41. The van der Waals surface area contributed by atoms with E-state index in [0.29, 0.717) is 6.54 Å². The van der Waals surface area contributed by atoms with Crippen molar-refractivity contribution in [2.24, 2.45) is 0 Å². The first kappa shape index (κ1) is 17.5. The Morgan fingerprint density at radius 3 is 2.57 bits per heavy atom. The Bertz CT molecular complexity index is 985. The smallest absolute Gasteiger partial charge is 0.271 e. The molecule has 0 N–H and O–H groups in total. The summed E-state index contributed by atoms with van der Waals surface area (Å²) in [5.41, 5.74) is 2.93. The van der Waals surface area contributed by atoms with Crippen LogP contribution < -0.4 is 0 Å². The van der Waals surface area contributed by atoms with E-state index in [0.717, 1.165) is 36.0 Å². The molecule has 0 spiro atoms. The number of benzene rings is 1. The summed E-state index contributed by atoms with van der Waals surface area (Å²) in [5.74, 6) is 0.0882. The zero-order valence-corrected chi connectivity index (χ0v) is 16.2. The molecule has 0 bridgehead atoms. The first-order chi connectivity index (χ1) is 13.7. The second-order valence-corrected chi connectivity index (χ2v) is 7.95. The van der Waals surface area contributed by atoms with Crippen molar-refractivity contribution < 1.29 is 4.79 Å². The molecule has 0 aliphatic carbocycles. The summed E-state index contributed by atoms with van der Waals surface area (Å²) in [6.45, 7) is 3.16. The number of carbonyl (C=O) groups is 1. The van der Waals surface area contributed by atoms with Crippen LogP contribution >= 0.6 is 11.6 Å². The average Bonchev–Trinajstić information content (AvgIpc) is 3.35. The zero-order valence-electron chi connectivity index (χ0n) is 15.4. The van der Waals surface area contributed by atoms with E-state index in [1.807, 2.05) is 53.6 Å². The topological polar surface area (TPSA) is 41.4 Å². The van der Waals surface area contributed by atoms with E-state index in [2.05, 4.69) is 26.6 Å². The molecule has 0 saturated carbocycles. The number of rotatable bonds is 4. The number of pyridine rings is 1. The van der Waals surface area contributed by atoms with Gasteiger partial charge in [0.2, 0.25) is 0 Å². The van der Waals surface area contributed by atoms with Crippen LogP contribution in [0.5, 0.6) is 0 Å². The van der Waals surface area contributed by atoms with Crippen molar-refractivity contribution in [2.45, 2.75) is 25.2 Å². The fourth-order valence-electron chi connectivity index (χ4n) is 4.42. The Balaban J connectivity index is 1.42. The molecule has 1 aromatic carbocycles. The summed E-state index contributed by atoms with van der Waals surface area (Å²) >= 11 is 6.02. The summed E-state index contributed by atoms with van der Waals surface area (Å²) in [5, 5.41) is 0.753. The highest BCUT2D eigenvalue weighted by Crippen LogP contribution is 2.35. The molecular formula is C22H21ClN4O. The second-order valence-electron chi connectivity index (χ2n) is 7.51. The molecule has 3 aromatic rings. The molecule has 0 radical (unpaired) electrons. The highest BCUT2D eigenvalue weighted by atomic mass is 35.5. The van der Waals surface area contributed by atoms with Gasteiger partial charge in [-0.15, -0.1) is 0 Å². The molecule has 2 aromatic heterocycles. The van der Waals surface area contributed by atoms with Gasteiger partial charge in [0.1, 0.15) is 5.69 Å². The van der Waals surface area contributed by atoms with Crippen LogP contribution in [-0.4, -0.2) is 44.4 Å². The van der Waals surface area contributed by atoms with Crippen LogP contribution in [0.25, 0.3) is 0 Å².